The van der Waals surface area contributed by atoms with Crippen molar-refractivity contribution in [2.45, 2.75) is 12.5 Å². The van der Waals surface area contributed by atoms with Crippen LogP contribution >= 0.6 is 0 Å². The van der Waals surface area contributed by atoms with Gasteiger partial charge in [-0.1, -0.05) is 24.3 Å². The predicted molar refractivity (Wildman–Crippen MR) is 69.0 cm³/mol. The van der Waals surface area contributed by atoms with Gasteiger partial charge in [0.15, 0.2) is 0 Å². The Kier molecular flexibility index (Phi) is 3.69. The number of benzene rings is 1. The summed E-state index contributed by atoms with van der Waals surface area (Å²) in [6, 6.07) is 10.7. The second-order valence-electron chi connectivity index (χ2n) is 4.09. The highest BCUT2D eigenvalue weighted by Gasteiger charge is 2.12. The molecule has 0 saturated heterocycles. The van der Waals surface area contributed by atoms with Crippen molar-refractivity contribution in [1.29, 1.82) is 0 Å². The minimum Gasteiger partial charge on any atom is -0.480 e. The lowest BCUT2D eigenvalue weighted by Gasteiger charge is -2.08. The molecule has 1 atom stereocenters. The van der Waals surface area contributed by atoms with Crippen molar-refractivity contribution in [2.75, 3.05) is 0 Å². The minimum atomic E-state index is -0.982. The summed E-state index contributed by atoms with van der Waals surface area (Å²) in [4.78, 5) is 14.7. The molecule has 0 aliphatic rings. The smallest absolute Gasteiger partial charge is 0.320 e. The molecule has 1 aromatic heterocycles. The third-order valence-corrected chi connectivity index (χ3v) is 2.71. The first-order valence-electron chi connectivity index (χ1n) is 5.64. The van der Waals surface area contributed by atoms with Gasteiger partial charge < -0.3 is 10.8 Å². The van der Waals surface area contributed by atoms with Crippen molar-refractivity contribution in [3.05, 3.63) is 54.4 Å². The van der Waals surface area contributed by atoms with E-state index in [1.165, 1.54) is 0 Å². The molecule has 0 amide bonds. The molecule has 0 saturated carbocycles. The van der Waals surface area contributed by atoms with Gasteiger partial charge in [-0.15, -0.1) is 0 Å². The summed E-state index contributed by atoms with van der Waals surface area (Å²) in [7, 11) is 0. The number of nitrogens with two attached hydrogens (primary N) is 1. The minimum absolute atomic E-state index is 0.328. The van der Waals surface area contributed by atoms with Crippen LogP contribution < -0.4 is 5.73 Å². The second kappa shape index (κ2) is 5.42. The van der Waals surface area contributed by atoms with Crippen molar-refractivity contribution in [1.82, 2.24) is 4.98 Å². The predicted octanol–water partition coefficient (Wildman–Crippen LogP) is 1.70. The summed E-state index contributed by atoms with van der Waals surface area (Å²) in [5.74, 6) is -0.982. The van der Waals surface area contributed by atoms with Gasteiger partial charge in [0.05, 0.1) is 0 Å². The number of carbonyl (C=O) groups is 1. The Bertz CT molecular complexity index is 541. The number of pyridine rings is 1. The Balaban J connectivity index is 2.23. The summed E-state index contributed by atoms with van der Waals surface area (Å²) in [5, 5.41) is 8.80. The first-order chi connectivity index (χ1) is 8.66. The van der Waals surface area contributed by atoms with Crippen LogP contribution in [0.25, 0.3) is 11.1 Å². The molecule has 92 valence electrons. The first kappa shape index (κ1) is 12.3. The Morgan fingerprint density at radius 3 is 2.61 bits per heavy atom. The van der Waals surface area contributed by atoms with Gasteiger partial charge in [-0.25, -0.2) is 0 Å². The average Bonchev–Trinajstić information content (AvgIpc) is 2.40. The number of rotatable bonds is 4. The van der Waals surface area contributed by atoms with E-state index in [2.05, 4.69) is 4.98 Å². The highest BCUT2D eigenvalue weighted by molar-refractivity contribution is 5.73. The summed E-state index contributed by atoms with van der Waals surface area (Å²) in [5.41, 5.74) is 8.53. The van der Waals surface area contributed by atoms with Crippen LogP contribution in [0.15, 0.2) is 48.8 Å². The summed E-state index contributed by atoms with van der Waals surface area (Å²) in [6.07, 6.45) is 3.78. The van der Waals surface area contributed by atoms with E-state index in [0.29, 0.717) is 6.42 Å². The number of aliphatic carboxylic acids is 1. The Morgan fingerprint density at radius 1 is 1.22 bits per heavy atom. The molecule has 0 aliphatic carbocycles. The van der Waals surface area contributed by atoms with E-state index < -0.39 is 12.0 Å². The van der Waals surface area contributed by atoms with Gasteiger partial charge >= 0.3 is 5.97 Å². The van der Waals surface area contributed by atoms with E-state index in [-0.39, 0.29) is 0 Å². The molecule has 4 heteroatoms. The molecule has 1 aromatic carbocycles. The van der Waals surface area contributed by atoms with Gasteiger partial charge in [0, 0.05) is 12.4 Å². The van der Waals surface area contributed by atoms with E-state index >= 15 is 0 Å². The molecule has 4 nitrogen and oxygen atoms in total. The zero-order valence-electron chi connectivity index (χ0n) is 9.78. The van der Waals surface area contributed by atoms with Gasteiger partial charge in [0.2, 0.25) is 0 Å². The van der Waals surface area contributed by atoms with Gasteiger partial charge in [0.25, 0.3) is 0 Å². The number of hydrogen-bond donors (Lipinski definition) is 2. The van der Waals surface area contributed by atoms with Crippen molar-refractivity contribution in [3.8, 4) is 11.1 Å². The van der Waals surface area contributed by atoms with Crippen LogP contribution in [0.1, 0.15) is 5.56 Å². The normalized spacial score (nSPS) is 12.1. The van der Waals surface area contributed by atoms with Crippen LogP contribution in [0.4, 0.5) is 0 Å². The van der Waals surface area contributed by atoms with E-state index in [9.17, 15) is 4.79 Å². The Hall–Kier alpha value is -2.20. The Morgan fingerprint density at radius 2 is 1.94 bits per heavy atom. The first-order valence-corrected chi connectivity index (χ1v) is 5.64. The lowest BCUT2D eigenvalue weighted by molar-refractivity contribution is -0.138. The lowest BCUT2D eigenvalue weighted by Crippen LogP contribution is -2.32. The zero-order valence-corrected chi connectivity index (χ0v) is 9.78. The highest BCUT2D eigenvalue weighted by atomic mass is 16.4. The number of nitrogens with zero attached hydrogens (tertiary/aromatic N) is 1. The highest BCUT2D eigenvalue weighted by Crippen LogP contribution is 2.19. The SMILES string of the molecule is N[C@@H](Cc1cccc(-c2ccncc2)c1)C(=O)O. The molecule has 0 aliphatic heterocycles. The fourth-order valence-corrected chi connectivity index (χ4v) is 1.76. The largest absolute Gasteiger partial charge is 0.480 e. The second-order valence-corrected chi connectivity index (χ2v) is 4.09. The monoisotopic (exact) mass is 242 g/mol. The Labute approximate surface area is 105 Å². The zero-order chi connectivity index (χ0) is 13.0. The van der Waals surface area contributed by atoms with Gasteiger partial charge in [-0.2, -0.15) is 0 Å². The topological polar surface area (TPSA) is 76.2 Å². The van der Waals surface area contributed by atoms with Gasteiger partial charge in [-0.05, 0) is 35.2 Å². The van der Waals surface area contributed by atoms with Gasteiger partial charge in [-0.3, -0.25) is 9.78 Å². The van der Waals surface area contributed by atoms with Crippen LogP contribution in [-0.4, -0.2) is 22.1 Å². The van der Waals surface area contributed by atoms with Crippen LogP contribution in [0.2, 0.25) is 0 Å². The van der Waals surface area contributed by atoms with Crippen LogP contribution in [0.3, 0.4) is 0 Å². The van der Waals surface area contributed by atoms with E-state index in [1.54, 1.807) is 12.4 Å². The molecular weight excluding hydrogens is 228 g/mol. The average molecular weight is 242 g/mol. The molecule has 3 N–H and O–H groups in total. The number of hydrogen-bond acceptors (Lipinski definition) is 3. The molecule has 18 heavy (non-hydrogen) atoms. The number of aromatic nitrogens is 1. The molecule has 1 heterocycles. The maximum absolute atomic E-state index is 10.7. The van der Waals surface area contributed by atoms with E-state index in [0.717, 1.165) is 16.7 Å². The quantitative estimate of drug-likeness (QED) is 0.855. The fourth-order valence-electron chi connectivity index (χ4n) is 1.76. The van der Waals surface area contributed by atoms with Crippen LogP contribution in [0.5, 0.6) is 0 Å². The molecule has 0 fully saturated rings. The molecule has 2 rings (SSSR count). The number of carboxylic acids is 1. The maximum atomic E-state index is 10.7. The number of carboxylic acid groups (broad SMARTS) is 1. The van der Waals surface area contributed by atoms with E-state index in [4.69, 9.17) is 10.8 Å². The molecule has 0 bridgehead atoms. The summed E-state index contributed by atoms with van der Waals surface area (Å²) >= 11 is 0. The summed E-state index contributed by atoms with van der Waals surface area (Å²) in [6.45, 7) is 0. The molecule has 0 spiro atoms. The van der Waals surface area contributed by atoms with E-state index in [1.807, 2.05) is 36.4 Å². The van der Waals surface area contributed by atoms with Crippen molar-refractivity contribution in [2.24, 2.45) is 5.73 Å². The van der Waals surface area contributed by atoms with Crippen LogP contribution in [0, 0.1) is 0 Å². The van der Waals surface area contributed by atoms with Crippen molar-refractivity contribution < 1.29 is 9.90 Å². The lowest BCUT2D eigenvalue weighted by atomic mass is 10.0. The fraction of sp³-hybridized carbons (Fsp3) is 0.143. The molecular formula is C14H14N2O2. The standard InChI is InChI=1S/C14H14N2O2/c15-13(14(17)18)9-10-2-1-3-12(8-10)11-4-6-16-7-5-11/h1-8,13H,9,15H2,(H,17,18)/t13-/m0/s1. The maximum Gasteiger partial charge on any atom is 0.320 e. The summed E-state index contributed by atoms with van der Waals surface area (Å²) < 4.78 is 0. The van der Waals surface area contributed by atoms with Crippen molar-refractivity contribution in [3.63, 3.8) is 0 Å². The third kappa shape index (κ3) is 2.93. The third-order valence-electron chi connectivity index (χ3n) is 2.71. The van der Waals surface area contributed by atoms with Crippen molar-refractivity contribution >= 4 is 5.97 Å². The molecule has 2 aromatic rings. The van der Waals surface area contributed by atoms with Gasteiger partial charge in [0.1, 0.15) is 6.04 Å². The molecule has 0 unspecified atom stereocenters. The molecule has 0 radical (unpaired) electrons. The van der Waals surface area contributed by atoms with Crippen LogP contribution in [-0.2, 0) is 11.2 Å².